The van der Waals surface area contributed by atoms with Crippen LogP contribution in [0.15, 0.2) is 29.7 Å². The van der Waals surface area contributed by atoms with Gasteiger partial charge in [0.15, 0.2) is 0 Å². The van der Waals surface area contributed by atoms with E-state index < -0.39 is 6.04 Å². The quantitative estimate of drug-likeness (QED) is 0.630. The second kappa shape index (κ2) is 6.13. The highest BCUT2D eigenvalue weighted by Crippen LogP contribution is 2.32. The molecule has 0 saturated heterocycles. The van der Waals surface area contributed by atoms with Crippen molar-refractivity contribution >= 4 is 18.1 Å². The molecule has 5 N–H and O–H groups in total. The number of halogens is 1. The van der Waals surface area contributed by atoms with Gasteiger partial charge in [-0.1, -0.05) is 12.7 Å². The topological polar surface area (TPSA) is 86.4 Å². The number of H-pyrrole nitrogens is 1. The molecule has 5 nitrogen and oxygen atoms in total. The molecule has 2 heterocycles. The van der Waals surface area contributed by atoms with E-state index in [0.29, 0.717) is 5.82 Å². The summed E-state index contributed by atoms with van der Waals surface area (Å²) < 4.78 is 13.5. The van der Waals surface area contributed by atoms with Crippen molar-refractivity contribution in [3.63, 3.8) is 0 Å². The van der Waals surface area contributed by atoms with E-state index in [-0.39, 0.29) is 24.5 Å². The maximum atomic E-state index is 13.5. The molecule has 0 bridgehead atoms. The van der Waals surface area contributed by atoms with Crippen LogP contribution >= 0.6 is 0 Å². The molecule has 20 heavy (non-hydrogen) atoms. The molecule has 3 atom stereocenters. The van der Waals surface area contributed by atoms with Crippen LogP contribution in [0.3, 0.4) is 0 Å². The van der Waals surface area contributed by atoms with Crippen molar-refractivity contribution in [1.82, 2.24) is 10.3 Å². The highest BCUT2D eigenvalue weighted by atomic mass is 19.1. The fraction of sp³-hybridized carbons (Fsp3) is 0.357. The molecule has 1 aromatic rings. The number of hydrogen-bond acceptors (Lipinski definition) is 4. The van der Waals surface area contributed by atoms with Crippen LogP contribution in [-0.2, 0) is 0 Å². The van der Waals surface area contributed by atoms with Crippen molar-refractivity contribution < 1.29 is 9.50 Å². The minimum atomic E-state index is -0.463. The Morgan fingerprint density at radius 2 is 2.35 bits per heavy atom. The number of aromatic nitrogens is 1. The third-order valence-corrected chi connectivity index (χ3v) is 3.35. The van der Waals surface area contributed by atoms with Crippen LogP contribution in [0.25, 0.3) is 6.08 Å². The third kappa shape index (κ3) is 2.72. The van der Waals surface area contributed by atoms with E-state index in [1.165, 1.54) is 12.3 Å². The number of aliphatic hydroxyl groups is 1. The molecule has 0 radical (unpaired) electrons. The molecule has 0 saturated carbocycles. The minimum absolute atomic E-state index is 0.142. The van der Waals surface area contributed by atoms with Gasteiger partial charge < -0.3 is 15.8 Å². The standard InChI is InChI=1S/C14H19FN4O/c1-3-9-10(7-18-14(9)17-4-5-20)13-12(16)6-11(15)8(2)19-13/h3-4,6-8,12-13,18-20H,1,5,16H2,2H3/t8?,12-,13?/m1/s1. The lowest BCUT2D eigenvalue weighted by molar-refractivity contribution is 0.361. The van der Waals surface area contributed by atoms with Crippen molar-refractivity contribution in [1.29, 1.82) is 0 Å². The smallest absolute Gasteiger partial charge is 0.137 e. The number of nitrogens with zero attached hydrogens (tertiary/aromatic N) is 1. The zero-order chi connectivity index (χ0) is 14.7. The average Bonchev–Trinajstić information content (AvgIpc) is 2.83. The largest absolute Gasteiger partial charge is 0.391 e. The lowest BCUT2D eigenvalue weighted by Gasteiger charge is -2.31. The second-order valence-electron chi connectivity index (χ2n) is 4.70. The zero-order valence-corrected chi connectivity index (χ0v) is 11.3. The highest BCUT2D eigenvalue weighted by molar-refractivity contribution is 5.71. The Hall–Kier alpha value is -1.76. The molecule has 0 aliphatic carbocycles. The highest BCUT2D eigenvalue weighted by Gasteiger charge is 2.29. The van der Waals surface area contributed by atoms with Gasteiger partial charge >= 0.3 is 0 Å². The molecule has 1 aliphatic heterocycles. The van der Waals surface area contributed by atoms with Gasteiger partial charge in [0.25, 0.3) is 0 Å². The fourth-order valence-corrected chi connectivity index (χ4v) is 2.33. The van der Waals surface area contributed by atoms with E-state index in [4.69, 9.17) is 10.8 Å². The molecule has 1 aromatic heterocycles. The predicted molar refractivity (Wildman–Crippen MR) is 78.6 cm³/mol. The predicted octanol–water partition coefficient (Wildman–Crippen LogP) is 1.57. The molecule has 1 aliphatic rings. The fourth-order valence-electron chi connectivity index (χ4n) is 2.33. The number of aliphatic imine (C=N–C) groups is 1. The molecule has 6 heteroatoms. The minimum Gasteiger partial charge on any atom is -0.391 e. The lowest BCUT2D eigenvalue weighted by atomic mass is 9.93. The van der Waals surface area contributed by atoms with E-state index >= 15 is 0 Å². The summed E-state index contributed by atoms with van der Waals surface area (Å²) in [5.74, 6) is 0.351. The summed E-state index contributed by atoms with van der Waals surface area (Å²) in [6, 6.07) is -1.06. The summed E-state index contributed by atoms with van der Waals surface area (Å²) in [6.07, 6.45) is 6.27. The Labute approximate surface area is 117 Å². The first kappa shape index (κ1) is 14.6. The molecule has 0 aromatic carbocycles. The van der Waals surface area contributed by atoms with Gasteiger partial charge in [0.05, 0.1) is 18.7 Å². The van der Waals surface area contributed by atoms with E-state index in [9.17, 15) is 4.39 Å². The molecule has 0 amide bonds. The van der Waals surface area contributed by atoms with Crippen LogP contribution in [0.2, 0.25) is 0 Å². The zero-order valence-electron chi connectivity index (χ0n) is 11.3. The Morgan fingerprint density at radius 1 is 1.60 bits per heavy atom. The van der Waals surface area contributed by atoms with Crippen LogP contribution in [-0.4, -0.2) is 35.0 Å². The number of aromatic amines is 1. The normalized spacial score (nSPS) is 26.8. The van der Waals surface area contributed by atoms with Crippen molar-refractivity contribution in [3.05, 3.63) is 35.8 Å². The molecular weight excluding hydrogens is 259 g/mol. The molecule has 0 fully saturated rings. The van der Waals surface area contributed by atoms with Gasteiger partial charge in [0, 0.05) is 24.0 Å². The van der Waals surface area contributed by atoms with Crippen LogP contribution in [0, 0.1) is 0 Å². The van der Waals surface area contributed by atoms with Gasteiger partial charge in [0.2, 0.25) is 0 Å². The second-order valence-corrected chi connectivity index (χ2v) is 4.70. The summed E-state index contributed by atoms with van der Waals surface area (Å²) in [7, 11) is 0. The summed E-state index contributed by atoms with van der Waals surface area (Å²) in [6.45, 7) is 5.38. The van der Waals surface area contributed by atoms with Gasteiger partial charge in [-0.25, -0.2) is 9.38 Å². The van der Waals surface area contributed by atoms with Crippen molar-refractivity contribution in [2.75, 3.05) is 6.61 Å². The first-order chi connectivity index (χ1) is 9.58. The Balaban J connectivity index is 2.36. The number of nitrogens with one attached hydrogen (secondary N) is 2. The van der Waals surface area contributed by atoms with Crippen LogP contribution in [0.4, 0.5) is 10.2 Å². The lowest BCUT2D eigenvalue weighted by Crippen LogP contribution is -2.45. The third-order valence-electron chi connectivity index (χ3n) is 3.35. The Morgan fingerprint density at radius 3 is 3.00 bits per heavy atom. The van der Waals surface area contributed by atoms with E-state index in [1.807, 2.05) is 0 Å². The molecule has 2 rings (SSSR count). The van der Waals surface area contributed by atoms with E-state index in [0.717, 1.165) is 11.1 Å². The first-order valence-corrected chi connectivity index (χ1v) is 6.44. The van der Waals surface area contributed by atoms with Gasteiger partial charge in [0.1, 0.15) is 11.6 Å². The molecular formula is C14H19FN4O. The Bertz CT molecular complexity index is 549. The maximum absolute atomic E-state index is 13.5. The van der Waals surface area contributed by atoms with Gasteiger partial charge in [-0.3, -0.25) is 5.32 Å². The number of hydrogen-bond donors (Lipinski definition) is 4. The van der Waals surface area contributed by atoms with Crippen molar-refractivity contribution in [2.24, 2.45) is 10.7 Å². The molecule has 2 unspecified atom stereocenters. The average molecular weight is 278 g/mol. The summed E-state index contributed by atoms with van der Waals surface area (Å²) >= 11 is 0. The monoisotopic (exact) mass is 278 g/mol. The van der Waals surface area contributed by atoms with Gasteiger partial charge in [-0.15, -0.1) is 0 Å². The summed E-state index contributed by atoms with van der Waals surface area (Å²) in [4.78, 5) is 7.12. The van der Waals surface area contributed by atoms with Crippen molar-refractivity contribution in [3.8, 4) is 0 Å². The summed E-state index contributed by atoms with van der Waals surface area (Å²) in [5.41, 5.74) is 7.67. The molecule has 0 spiro atoms. The van der Waals surface area contributed by atoms with E-state index in [2.05, 4.69) is 21.9 Å². The van der Waals surface area contributed by atoms with Gasteiger partial charge in [-0.05, 0) is 18.6 Å². The van der Waals surface area contributed by atoms with Crippen molar-refractivity contribution in [2.45, 2.75) is 25.0 Å². The number of aliphatic hydroxyl groups excluding tert-OH is 1. The molecule has 108 valence electrons. The SMILES string of the molecule is C=Cc1c(C2NC(C)C(F)=C[C@H]2N)c[nH]c1N=CCO. The van der Waals surface area contributed by atoms with Gasteiger partial charge in [-0.2, -0.15) is 0 Å². The first-order valence-electron chi connectivity index (χ1n) is 6.44. The summed E-state index contributed by atoms with van der Waals surface area (Å²) in [5, 5.41) is 11.9. The maximum Gasteiger partial charge on any atom is 0.137 e. The van der Waals surface area contributed by atoms with Crippen LogP contribution in [0.5, 0.6) is 0 Å². The van der Waals surface area contributed by atoms with Crippen LogP contribution < -0.4 is 11.1 Å². The van der Waals surface area contributed by atoms with E-state index in [1.54, 1.807) is 19.2 Å². The Kier molecular flexibility index (Phi) is 4.49. The van der Waals surface area contributed by atoms with Crippen LogP contribution in [0.1, 0.15) is 24.1 Å². The number of rotatable bonds is 4. The number of nitrogens with two attached hydrogens (primary N) is 1.